The van der Waals surface area contributed by atoms with Gasteiger partial charge in [-0.15, -0.1) is 0 Å². The Bertz CT molecular complexity index is 2440. The van der Waals surface area contributed by atoms with Gasteiger partial charge in [0.25, 0.3) is 5.56 Å². The minimum Gasteiger partial charge on any atom is -0.453 e. The molecule has 3 nitrogen and oxygen atoms in total. The molecule has 0 aliphatic carbocycles. The summed E-state index contributed by atoms with van der Waals surface area (Å²) in [6.07, 6.45) is 3.75. The normalized spacial score (nSPS) is 12.4. The monoisotopic (exact) mass is 539 g/mol. The molecule has 0 N–H and O–H groups in total. The Kier molecular flexibility index (Phi) is 5.28. The van der Waals surface area contributed by atoms with Gasteiger partial charge in [-0.1, -0.05) is 110 Å². The number of fused-ring (bicyclic) bond motifs is 5. The molecule has 42 heavy (non-hydrogen) atoms. The average Bonchev–Trinajstić information content (AvgIpc) is 3.03. The molecule has 1 aliphatic rings. The molecule has 6 aromatic carbocycles. The van der Waals surface area contributed by atoms with E-state index >= 15 is 0 Å². The third kappa shape index (κ3) is 3.50. The third-order valence-corrected chi connectivity index (χ3v) is 8.26. The van der Waals surface area contributed by atoms with E-state index in [-0.39, 0.29) is 5.56 Å². The Morgan fingerprint density at radius 2 is 1.36 bits per heavy atom. The lowest BCUT2D eigenvalue weighted by Gasteiger charge is -2.25. The van der Waals surface area contributed by atoms with Crippen LogP contribution in [0.1, 0.15) is 0 Å². The summed E-state index contributed by atoms with van der Waals surface area (Å²) in [7, 11) is 0. The molecule has 2 heterocycles. The zero-order chi connectivity index (χ0) is 28.4. The second kappa shape index (κ2) is 9.18. The van der Waals surface area contributed by atoms with Gasteiger partial charge in [-0.3, -0.25) is 9.36 Å². The van der Waals surface area contributed by atoms with Gasteiger partial charge in [0, 0.05) is 10.8 Å². The zero-order valence-corrected chi connectivity index (χ0v) is 22.8. The summed E-state index contributed by atoms with van der Waals surface area (Å²) in [6.45, 7) is 8.10. The van der Waals surface area contributed by atoms with Crippen molar-refractivity contribution < 1.29 is 4.74 Å². The van der Waals surface area contributed by atoms with Crippen LogP contribution in [0.15, 0.2) is 133 Å². The van der Waals surface area contributed by atoms with E-state index in [1.165, 1.54) is 10.8 Å². The maximum Gasteiger partial charge on any atom is 0.263 e. The van der Waals surface area contributed by atoms with Crippen molar-refractivity contribution >= 4 is 45.1 Å². The summed E-state index contributed by atoms with van der Waals surface area (Å²) in [5.41, 5.74) is 5.61. The SMILES string of the molecule is C=C/C=c1/c(-c2ccc3c(c2)Oc2cc(-c4cccc5ccccc45)cc4c5ccccc5c(=O)n-3c24)cccc1=C. The fraction of sp³-hybridized carbons (Fsp3) is 0. The molecule has 3 heteroatoms. The predicted octanol–water partition coefficient (Wildman–Crippen LogP) is 8.11. The third-order valence-electron chi connectivity index (χ3n) is 8.26. The minimum absolute atomic E-state index is 0.0602. The molecule has 0 radical (unpaired) electrons. The van der Waals surface area contributed by atoms with Crippen LogP contribution in [0, 0.1) is 0 Å². The largest absolute Gasteiger partial charge is 0.453 e. The smallest absolute Gasteiger partial charge is 0.263 e. The first-order valence-corrected chi connectivity index (χ1v) is 14.0. The molecular formula is C39H25NO2. The van der Waals surface area contributed by atoms with E-state index in [1.807, 2.05) is 65.2 Å². The standard InChI is InChI=1S/C39H25NO2/c1-3-10-28-24(2)11-8-17-30(28)26-19-20-35-36(22-26)42-37-23-27(31-18-9-13-25-12-4-5-14-29(25)31)21-34-32-15-6-7-16-33(32)39(41)40(35)38(34)37/h3-23H,1-2H2/b28-10+. The molecule has 0 spiro atoms. The van der Waals surface area contributed by atoms with E-state index in [0.717, 1.165) is 54.7 Å². The molecule has 0 saturated heterocycles. The van der Waals surface area contributed by atoms with Crippen molar-refractivity contribution in [2.45, 2.75) is 0 Å². The van der Waals surface area contributed by atoms with Gasteiger partial charge < -0.3 is 4.74 Å². The van der Waals surface area contributed by atoms with E-state index in [1.54, 1.807) is 6.08 Å². The van der Waals surface area contributed by atoms with Gasteiger partial charge in [-0.05, 0) is 79.2 Å². The molecular weight excluding hydrogens is 514 g/mol. The molecule has 7 aromatic rings. The maximum absolute atomic E-state index is 14.1. The fourth-order valence-electron chi connectivity index (χ4n) is 6.36. The number of pyridine rings is 1. The highest BCUT2D eigenvalue weighted by Crippen LogP contribution is 2.45. The van der Waals surface area contributed by atoms with Crippen molar-refractivity contribution in [2.75, 3.05) is 0 Å². The second-order valence-electron chi connectivity index (χ2n) is 10.6. The Labute approximate surface area is 242 Å². The van der Waals surface area contributed by atoms with Gasteiger partial charge in [0.1, 0.15) is 0 Å². The van der Waals surface area contributed by atoms with Gasteiger partial charge in [-0.25, -0.2) is 0 Å². The van der Waals surface area contributed by atoms with Crippen LogP contribution in [0.4, 0.5) is 0 Å². The summed E-state index contributed by atoms with van der Waals surface area (Å²) in [4.78, 5) is 14.1. The number of nitrogens with zero attached hydrogens (tertiary/aromatic N) is 1. The minimum atomic E-state index is -0.0602. The molecule has 0 fully saturated rings. The van der Waals surface area contributed by atoms with Crippen molar-refractivity contribution in [3.63, 3.8) is 0 Å². The van der Waals surface area contributed by atoms with Gasteiger partial charge in [0.05, 0.1) is 11.2 Å². The Hall–Kier alpha value is -5.67. The molecule has 0 bridgehead atoms. The number of hydrogen-bond acceptors (Lipinski definition) is 2. The first-order chi connectivity index (χ1) is 20.6. The maximum atomic E-state index is 14.1. The number of ether oxygens (including phenoxy) is 1. The van der Waals surface area contributed by atoms with Crippen LogP contribution in [0.5, 0.6) is 11.5 Å². The molecule has 0 atom stereocenters. The van der Waals surface area contributed by atoms with Crippen LogP contribution >= 0.6 is 0 Å². The molecule has 0 unspecified atom stereocenters. The first-order valence-electron chi connectivity index (χ1n) is 14.0. The van der Waals surface area contributed by atoms with Crippen molar-refractivity contribution in [3.05, 3.63) is 149 Å². The molecule has 198 valence electrons. The number of rotatable bonds is 3. The van der Waals surface area contributed by atoms with E-state index in [2.05, 4.69) is 73.8 Å². The van der Waals surface area contributed by atoms with Gasteiger partial charge >= 0.3 is 0 Å². The lowest BCUT2D eigenvalue weighted by atomic mass is 9.94. The molecule has 0 saturated carbocycles. The van der Waals surface area contributed by atoms with E-state index < -0.39 is 0 Å². The molecule has 8 rings (SSSR count). The highest BCUT2D eigenvalue weighted by atomic mass is 16.5. The van der Waals surface area contributed by atoms with Crippen molar-refractivity contribution in [1.29, 1.82) is 0 Å². The van der Waals surface area contributed by atoms with Crippen LogP contribution < -0.4 is 20.7 Å². The number of hydrogen-bond donors (Lipinski definition) is 0. The van der Waals surface area contributed by atoms with Gasteiger partial charge in [0.2, 0.25) is 0 Å². The highest BCUT2D eigenvalue weighted by Gasteiger charge is 2.25. The number of allylic oxidation sites excluding steroid dienone is 1. The second-order valence-corrected chi connectivity index (χ2v) is 10.6. The lowest BCUT2D eigenvalue weighted by Crippen LogP contribution is -2.25. The summed E-state index contributed by atoms with van der Waals surface area (Å²) in [5, 5.41) is 6.84. The first kappa shape index (κ1) is 24.2. The van der Waals surface area contributed by atoms with Crippen molar-refractivity contribution in [2.24, 2.45) is 0 Å². The summed E-state index contributed by atoms with van der Waals surface area (Å²) >= 11 is 0. The summed E-state index contributed by atoms with van der Waals surface area (Å²) in [5.74, 6) is 1.29. The quantitative estimate of drug-likeness (QED) is 0.212. The zero-order valence-electron chi connectivity index (χ0n) is 22.8. The van der Waals surface area contributed by atoms with Crippen molar-refractivity contribution in [3.8, 4) is 39.4 Å². The Morgan fingerprint density at radius 1 is 0.643 bits per heavy atom. The van der Waals surface area contributed by atoms with Crippen LogP contribution in [0.25, 0.3) is 73.0 Å². The van der Waals surface area contributed by atoms with Gasteiger partial charge in [-0.2, -0.15) is 0 Å². The number of aromatic nitrogens is 1. The summed E-state index contributed by atoms with van der Waals surface area (Å²) in [6, 6.07) is 39.0. The molecule has 1 aromatic heterocycles. The predicted molar refractivity (Wildman–Crippen MR) is 175 cm³/mol. The van der Waals surface area contributed by atoms with Gasteiger partial charge in [0.15, 0.2) is 11.5 Å². The summed E-state index contributed by atoms with van der Waals surface area (Å²) < 4.78 is 8.53. The van der Waals surface area contributed by atoms with Crippen molar-refractivity contribution in [1.82, 2.24) is 4.57 Å². The molecule has 0 amide bonds. The van der Waals surface area contributed by atoms with Crippen LogP contribution in [-0.4, -0.2) is 4.57 Å². The van der Waals surface area contributed by atoms with E-state index in [4.69, 9.17) is 4.74 Å². The topological polar surface area (TPSA) is 31.2 Å². The van der Waals surface area contributed by atoms with Crippen LogP contribution in [0.2, 0.25) is 0 Å². The lowest BCUT2D eigenvalue weighted by molar-refractivity contribution is 0.474. The van der Waals surface area contributed by atoms with Crippen LogP contribution in [-0.2, 0) is 0 Å². The highest BCUT2D eigenvalue weighted by molar-refractivity contribution is 6.11. The van der Waals surface area contributed by atoms with E-state index in [0.29, 0.717) is 16.9 Å². The Balaban J connectivity index is 1.45. The average molecular weight is 540 g/mol. The number of benzene rings is 6. The van der Waals surface area contributed by atoms with E-state index in [9.17, 15) is 4.79 Å². The molecule has 1 aliphatic heterocycles. The van der Waals surface area contributed by atoms with Crippen LogP contribution in [0.3, 0.4) is 0 Å². The fourth-order valence-corrected chi connectivity index (χ4v) is 6.36. The Morgan fingerprint density at radius 3 is 2.21 bits per heavy atom.